The van der Waals surface area contributed by atoms with Crippen molar-refractivity contribution in [3.8, 4) is 5.69 Å². The maximum absolute atomic E-state index is 13.3. The summed E-state index contributed by atoms with van der Waals surface area (Å²) < 4.78 is 15.2. The fourth-order valence-corrected chi connectivity index (χ4v) is 4.54. The van der Waals surface area contributed by atoms with E-state index in [1.807, 2.05) is 22.8 Å². The third-order valence-electron chi connectivity index (χ3n) is 6.26. The van der Waals surface area contributed by atoms with Crippen molar-refractivity contribution in [1.29, 1.82) is 0 Å². The fourth-order valence-electron chi connectivity index (χ4n) is 4.54. The number of halogens is 1. The molecule has 0 radical (unpaired) electrons. The average molecular weight is 438 g/mol. The molecule has 3 aromatic carbocycles. The zero-order chi connectivity index (χ0) is 22.5. The topological polar surface area (TPSA) is 71.0 Å². The van der Waals surface area contributed by atoms with Gasteiger partial charge in [0.25, 0.3) is 5.91 Å². The lowest BCUT2D eigenvalue weighted by atomic mass is 10.1. The van der Waals surface area contributed by atoms with E-state index in [1.54, 1.807) is 47.6 Å². The Balaban J connectivity index is 1.31. The number of para-hydroxylation sites is 1. The third-order valence-corrected chi connectivity index (χ3v) is 6.26. The van der Waals surface area contributed by atoms with Gasteiger partial charge in [0.15, 0.2) is 5.43 Å². The van der Waals surface area contributed by atoms with Gasteiger partial charge in [-0.15, -0.1) is 0 Å². The molecule has 0 spiro atoms. The first-order valence-electron chi connectivity index (χ1n) is 10.7. The molecule has 6 nitrogen and oxygen atoms in total. The number of benzene rings is 3. The number of rotatable bonds is 2. The molecule has 1 aliphatic rings. The third kappa shape index (κ3) is 3.20. The minimum atomic E-state index is -0.285. The van der Waals surface area contributed by atoms with Gasteiger partial charge in [0.05, 0.1) is 18.6 Å². The van der Waals surface area contributed by atoms with Crippen LogP contribution in [0, 0.1) is 5.82 Å². The van der Waals surface area contributed by atoms with Crippen molar-refractivity contribution in [3.63, 3.8) is 0 Å². The van der Waals surface area contributed by atoms with Crippen LogP contribution in [0.15, 0.2) is 77.9 Å². The highest BCUT2D eigenvalue weighted by Crippen LogP contribution is 2.24. The molecule has 1 amide bonds. The van der Waals surface area contributed by atoms with Gasteiger partial charge in [-0.2, -0.15) is 0 Å². The van der Waals surface area contributed by atoms with E-state index in [0.717, 1.165) is 22.6 Å². The molecule has 1 N–H and O–H groups in total. The van der Waals surface area contributed by atoms with E-state index in [9.17, 15) is 14.0 Å². The summed E-state index contributed by atoms with van der Waals surface area (Å²) in [5.74, 6) is -0.418. The van der Waals surface area contributed by atoms with Crippen LogP contribution in [0.2, 0.25) is 0 Å². The number of amides is 1. The van der Waals surface area contributed by atoms with Gasteiger partial charge in [0, 0.05) is 51.7 Å². The quantitative estimate of drug-likeness (QED) is 0.420. The van der Waals surface area contributed by atoms with E-state index in [0.29, 0.717) is 41.4 Å². The van der Waals surface area contributed by atoms with Gasteiger partial charge in [-0.25, -0.2) is 9.37 Å². The standard InChI is InChI=1S/C26H19FN4O2/c27-17-6-8-18(9-7-17)31-15-28-23-14-30(12-11-24(23)31)26(33)16-5-10-22-20(13-16)25(32)19-3-1-2-4-21(19)29-22/h1-10,13,15H,11-12,14H2,(H,29,32). The van der Waals surface area contributed by atoms with Gasteiger partial charge in [0.1, 0.15) is 5.82 Å². The normalized spacial score (nSPS) is 13.4. The summed E-state index contributed by atoms with van der Waals surface area (Å²) >= 11 is 0. The van der Waals surface area contributed by atoms with Crippen molar-refractivity contribution in [2.45, 2.75) is 13.0 Å². The van der Waals surface area contributed by atoms with Crippen LogP contribution >= 0.6 is 0 Å². The number of imidazole rings is 1. The fraction of sp³-hybridized carbons (Fsp3) is 0.115. The molecule has 3 heterocycles. The van der Waals surface area contributed by atoms with Crippen LogP contribution in [-0.4, -0.2) is 31.9 Å². The van der Waals surface area contributed by atoms with Gasteiger partial charge in [-0.1, -0.05) is 12.1 Å². The Morgan fingerprint density at radius 2 is 1.76 bits per heavy atom. The van der Waals surface area contributed by atoms with Crippen molar-refractivity contribution in [1.82, 2.24) is 19.4 Å². The molecule has 33 heavy (non-hydrogen) atoms. The number of carbonyl (C=O) groups excluding carboxylic acids is 1. The maximum atomic E-state index is 13.3. The van der Waals surface area contributed by atoms with Crippen molar-refractivity contribution >= 4 is 27.7 Å². The second-order valence-electron chi connectivity index (χ2n) is 8.22. The van der Waals surface area contributed by atoms with Crippen LogP contribution in [-0.2, 0) is 13.0 Å². The summed E-state index contributed by atoms with van der Waals surface area (Å²) in [6.45, 7) is 0.916. The summed E-state index contributed by atoms with van der Waals surface area (Å²) in [6.07, 6.45) is 2.35. The van der Waals surface area contributed by atoms with Gasteiger partial charge >= 0.3 is 0 Å². The molecule has 0 saturated carbocycles. The van der Waals surface area contributed by atoms with Crippen molar-refractivity contribution in [2.24, 2.45) is 0 Å². The minimum absolute atomic E-state index is 0.0898. The van der Waals surface area contributed by atoms with Gasteiger partial charge in [0.2, 0.25) is 0 Å². The van der Waals surface area contributed by atoms with E-state index in [2.05, 4.69) is 9.97 Å². The Morgan fingerprint density at radius 3 is 2.61 bits per heavy atom. The highest BCUT2D eigenvalue weighted by atomic mass is 19.1. The van der Waals surface area contributed by atoms with Crippen LogP contribution < -0.4 is 5.43 Å². The molecule has 1 aliphatic heterocycles. The van der Waals surface area contributed by atoms with Gasteiger partial charge in [-0.3, -0.25) is 9.59 Å². The molecular weight excluding hydrogens is 419 g/mol. The van der Waals surface area contributed by atoms with E-state index in [-0.39, 0.29) is 17.2 Å². The molecule has 0 aliphatic carbocycles. The van der Waals surface area contributed by atoms with E-state index in [4.69, 9.17) is 0 Å². The number of aromatic amines is 1. The molecular formula is C26H19FN4O2. The summed E-state index contributed by atoms with van der Waals surface area (Å²) in [6, 6.07) is 18.8. The largest absolute Gasteiger partial charge is 0.354 e. The molecule has 0 unspecified atom stereocenters. The Bertz CT molecular complexity index is 1600. The number of nitrogens with one attached hydrogen (secondary N) is 1. The maximum Gasteiger partial charge on any atom is 0.254 e. The van der Waals surface area contributed by atoms with Gasteiger partial charge < -0.3 is 14.5 Å². The monoisotopic (exact) mass is 438 g/mol. The van der Waals surface area contributed by atoms with Crippen LogP contribution in [0.4, 0.5) is 4.39 Å². The smallest absolute Gasteiger partial charge is 0.254 e. The first-order valence-corrected chi connectivity index (χ1v) is 10.7. The molecule has 0 fully saturated rings. The molecule has 2 aromatic heterocycles. The average Bonchev–Trinajstić information content (AvgIpc) is 3.27. The van der Waals surface area contributed by atoms with Crippen LogP contribution in [0.25, 0.3) is 27.5 Å². The minimum Gasteiger partial charge on any atom is -0.354 e. The SMILES string of the molecule is O=C(c1ccc2[nH]c3ccccc3c(=O)c2c1)N1CCc2c(ncn2-c2ccc(F)cc2)C1. The Hall–Kier alpha value is -4.26. The van der Waals surface area contributed by atoms with Crippen molar-refractivity contribution in [2.75, 3.05) is 6.54 Å². The first-order chi connectivity index (χ1) is 16.1. The van der Waals surface area contributed by atoms with Crippen molar-refractivity contribution < 1.29 is 9.18 Å². The number of fused-ring (bicyclic) bond motifs is 3. The molecule has 0 saturated heterocycles. The number of carbonyl (C=O) groups is 1. The van der Waals surface area contributed by atoms with Crippen LogP contribution in [0.3, 0.4) is 0 Å². The van der Waals surface area contributed by atoms with Crippen LogP contribution in [0.5, 0.6) is 0 Å². The highest BCUT2D eigenvalue weighted by molar-refractivity contribution is 6.00. The number of hydrogen-bond acceptors (Lipinski definition) is 3. The summed E-state index contributed by atoms with van der Waals surface area (Å²) in [5.41, 5.74) is 4.54. The molecule has 6 rings (SSSR count). The van der Waals surface area contributed by atoms with E-state index in [1.165, 1.54) is 12.1 Å². The van der Waals surface area contributed by atoms with Crippen LogP contribution in [0.1, 0.15) is 21.7 Å². The zero-order valence-electron chi connectivity index (χ0n) is 17.6. The molecule has 162 valence electrons. The lowest BCUT2D eigenvalue weighted by molar-refractivity contribution is 0.0731. The number of nitrogens with zero attached hydrogens (tertiary/aromatic N) is 3. The first kappa shape index (κ1) is 19.4. The second-order valence-corrected chi connectivity index (χ2v) is 8.22. The Kier molecular flexibility index (Phi) is 4.36. The lowest BCUT2D eigenvalue weighted by Gasteiger charge is -2.27. The van der Waals surface area contributed by atoms with Crippen molar-refractivity contribution in [3.05, 3.63) is 106 Å². The van der Waals surface area contributed by atoms with E-state index >= 15 is 0 Å². The Morgan fingerprint density at radius 1 is 0.970 bits per heavy atom. The highest BCUT2D eigenvalue weighted by Gasteiger charge is 2.26. The molecule has 0 atom stereocenters. The number of hydrogen-bond donors (Lipinski definition) is 1. The van der Waals surface area contributed by atoms with Gasteiger partial charge in [-0.05, 0) is 54.6 Å². The Labute approximate surface area is 187 Å². The summed E-state index contributed by atoms with van der Waals surface area (Å²) in [7, 11) is 0. The second kappa shape index (κ2) is 7.41. The lowest BCUT2D eigenvalue weighted by Crippen LogP contribution is -2.36. The zero-order valence-corrected chi connectivity index (χ0v) is 17.6. The summed E-state index contributed by atoms with van der Waals surface area (Å²) in [4.78, 5) is 35.8. The predicted octanol–water partition coefficient (Wildman–Crippen LogP) is 4.20. The number of pyridine rings is 1. The summed E-state index contributed by atoms with van der Waals surface area (Å²) in [5, 5.41) is 1.10. The number of H-pyrrole nitrogens is 1. The molecule has 7 heteroatoms. The van der Waals surface area contributed by atoms with E-state index < -0.39 is 0 Å². The molecule has 5 aromatic rings. The number of aromatic nitrogens is 3. The predicted molar refractivity (Wildman–Crippen MR) is 124 cm³/mol. The molecule has 0 bridgehead atoms.